The summed E-state index contributed by atoms with van der Waals surface area (Å²) < 4.78 is 6.42. The van der Waals surface area contributed by atoms with Gasteiger partial charge in [0, 0.05) is 29.4 Å². The number of aromatic nitrogens is 5. The molecule has 5 rings (SSSR count). The number of H-pyrrole nitrogens is 1. The first-order valence-corrected chi connectivity index (χ1v) is 9.30. The summed E-state index contributed by atoms with van der Waals surface area (Å²) in [6.45, 7) is 0. The van der Waals surface area contributed by atoms with E-state index in [9.17, 15) is 4.79 Å². The zero-order valence-electron chi connectivity index (χ0n) is 15.0. The maximum Gasteiger partial charge on any atom is 0.439 e. The summed E-state index contributed by atoms with van der Waals surface area (Å²) >= 11 is 6.45. The number of nitrogens with zero attached hydrogens (tertiary/aromatic N) is 4. The Morgan fingerprint density at radius 3 is 2.72 bits per heavy atom. The Labute approximate surface area is 169 Å². The molecule has 4 aromatic heterocycles. The molecule has 0 atom stereocenters. The fraction of sp³-hybridized carbons (Fsp3) is 0.0476. The largest absolute Gasteiger partial charge is 0.439 e. The maximum absolute atomic E-state index is 11.2. The van der Waals surface area contributed by atoms with Gasteiger partial charge in [-0.3, -0.25) is 9.51 Å². The average Bonchev–Trinajstić information content (AvgIpc) is 3.33. The van der Waals surface area contributed by atoms with Crippen LogP contribution in [0.25, 0.3) is 28.3 Å². The van der Waals surface area contributed by atoms with Crippen molar-refractivity contribution in [2.45, 2.75) is 6.42 Å². The van der Waals surface area contributed by atoms with E-state index >= 15 is 0 Å². The molecule has 0 fully saturated rings. The fourth-order valence-corrected chi connectivity index (χ4v) is 3.55. The molecule has 1 aromatic carbocycles. The standard InChI is InChI=1S/C21H14ClN5O2/c22-16-8-2-1-7-14(16)19-15(18-10-3-4-11-27(18)25-19)12-13-6-5-9-17(23-13)20-24-21(28)29-26-20/h1-11H,12H2,(H,24,26,28). The highest BCUT2D eigenvalue weighted by Crippen LogP contribution is 2.32. The minimum absolute atomic E-state index is 0.294. The molecular weight excluding hydrogens is 390 g/mol. The second-order valence-corrected chi connectivity index (χ2v) is 6.88. The predicted octanol–water partition coefficient (Wildman–Crippen LogP) is 3.98. The summed E-state index contributed by atoms with van der Waals surface area (Å²) in [6.07, 6.45) is 2.44. The third kappa shape index (κ3) is 3.21. The van der Waals surface area contributed by atoms with E-state index in [0.29, 0.717) is 23.0 Å². The van der Waals surface area contributed by atoms with Crippen molar-refractivity contribution in [3.8, 4) is 22.8 Å². The van der Waals surface area contributed by atoms with Crippen LogP contribution in [-0.2, 0) is 6.42 Å². The summed E-state index contributed by atoms with van der Waals surface area (Å²) in [4.78, 5) is 18.4. The molecule has 1 N–H and O–H groups in total. The lowest BCUT2D eigenvalue weighted by Crippen LogP contribution is -1.98. The molecule has 0 aliphatic heterocycles. The van der Waals surface area contributed by atoms with Crippen LogP contribution >= 0.6 is 11.6 Å². The van der Waals surface area contributed by atoms with Gasteiger partial charge in [-0.15, -0.1) is 0 Å². The van der Waals surface area contributed by atoms with Crippen molar-refractivity contribution in [2.24, 2.45) is 0 Å². The van der Waals surface area contributed by atoms with E-state index in [1.807, 2.05) is 65.3 Å². The second kappa shape index (κ2) is 7.03. The lowest BCUT2D eigenvalue weighted by molar-refractivity contribution is 0.387. The number of halogens is 1. The molecule has 5 aromatic rings. The van der Waals surface area contributed by atoms with E-state index in [1.54, 1.807) is 6.07 Å². The van der Waals surface area contributed by atoms with Crippen molar-refractivity contribution in [2.75, 3.05) is 0 Å². The van der Waals surface area contributed by atoms with Crippen LogP contribution < -0.4 is 5.76 Å². The SMILES string of the molecule is O=c1[nH]c(-c2cccc(Cc3c(-c4ccccc4Cl)nn4ccccc34)n2)no1. The lowest BCUT2D eigenvalue weighted by atomic mass is 10.0. The van der Waals surface area contributed by atoms with Crippen LogP contribution in [-0.4, -0.2) is 24.7 Å². The van der Waals surface area contributed by atoms with Crippen molar-refractivity contribution in [3.63, 3.8) is 0 Å². The van der Waals surface area contributed by atoms with Gasteiger partial charge in [0.1, 0.15) is 5.69 Å². The highest BCUT2D eigenvalue weighted by atomic mass is 35.5. The molecule has 0 radical (unpaired) electrons. The molecule has 0 unspecified atom stereocenters. The number of benzene rings is 1. The molecule has 29 heavy (non-hydrogen) atoms. The third-order valence-corrected chi connectivity index (χ3v) is 4.95. The van der Waals surface area contributed by atoms with E-state index in [0.717, 1.165) is 28.0 Å². The fourth-order valence-electron chi connectivity index (χ4n) is 3.33. The summed E-state index contributed by atoms with van der Waals surface area (Å²) in [5.41, 5.74) is 5.00. The van der Waals surface area contributed by atoms with Crippen LogP contribution in [0.4, 0.5) is 0 Å². The first-order chi connectivity index (χ1) is 14.2. The Kier molecular flexibility index (Phi) is 4.22. The van der Waals surface area contributed by atoms with Gasteiger partial charge in [-0.2, -0.15) is 5.10 Å². The number of pyridine rings is 2. The quantitative estimate of drug-likeness (QED) is 0.490. The van der Waals surface area contributed by atoms with E-state index < -0.39 is 5.76 Å². The summed E-state index contributed by atoms with van der Waals surface area (Å²) in [6, 6.07) is 19.1. The van der Waals surface area contributed by atoms with E-state index in [2.05, 4.69) is 19.6 Å². The van der Waals surface area contributed by atoms with Gasteiger partial charge in [-0.05, 0) is 30.3 Å². The number of fused-ring (bicyclic) bond motifs is 1. The Morgan fingerprint density at radius 1 is 1.03 bits per heavy atom. The van der Waals surface area contributed by atoms with E-state index in [-0.39, 0.29) is 0 Å². The lowest BCUT2D eigenvalue weighted by Gasteiger charge is -2.06. The number of aromatic amines is 1. The van der Waals surface area contributed by atoms with Crippen molar-refractivity contribution in [1.82, 2.24) is 24.7 Å². The van der Waals surface area contributed by atoms with Gasteiger partial charge < -0.3 is 0 Å². The maximum atomic E-state index is 11.2. The average molecular weight is 404 g/mol. The Balaban J connectivity index is 1.63. The summed E-state index contributed by atoms with van der Waals surface area (Å²) in [5, 5.41) is 9.10. The highest BCUT2D eigenvalue weighted by Gasteiger charge is 2.18. The zero-order valence-corrected chi connectivity index (χ0v) is 15.8. The van der Waals surface area contributed by atoms with E-state index in [4.69, 9.17) is 16.7 Å². The molecule has 0 bridgehead atoms. The topological polar surface area (TPSA) is 89.1 Å². The van der Waals surface area contributed by atoms with Gasteiger partial charge in [-0.25, -0.2) is 14.3 Å². The Hall–Kier alpha value is -3.71. The molecule has 0 saturated heterocycles. The first-order valence-electron chi connectivity index (χ1n) is 8.92. The summed E-state index contributed by atoms with van der Waals surface area (Å²) in [7, 11) is 0. The number of hydrogen-bond acceptors (Lipinski definition) is 5. The van der Waals surface area contributed by atoms with Gasteiger partial charge >= 0.3 is 5.76 Å². The molecule has 0 spiro atoms. The molecular formula is C21H14ClN5O2. The van der Waals surface area contributed by atoms with Crippen LogP contribution in [0, 0.1) is 0 Å². The first kappa shape index (κ1) is 17.4. The zero-order chi connectivity index (χ0) is 19.8. The Bertz CT molecular complexity index is 1390. The van der Waals surface area contributed by atoms with Gasteiger partial charge in [0.25, 0.3) is 0 Å². The third-order valence-electron chi connectivity index (χ3n) is 4.62. The number of rotatable bonds is 4. The van der Waals surface area contributed by atoms with Crippen molar-refractivity contribution < 1.29 is 4.52 Å². The van der Waals surface area contributed by atoms with Crippen LogP contribution in [0.2, 0.25) is 5.02 Å². The molecule has 0 saturated carbocycles. The molecule has 7 nitrogen and oxygen atoms in total. The van der Waals surface area contributed by atoms with Crippen molar-refractivity contribution in [3.05, 3.63) is 93.7 Å². The second-order valence-electron chi connectivity index (χ2n) is 6.47. The van der Waals surface area contributed by atoms with Gasteiger partial charge in [0.05, 0.1) is 16.2 Å². The van der Waals surface area contributed by atoms with Crippen LogP contribution in [0.5, 0.6) is 0 Å². The summed E-state index contributed by atoms with van der Waals surface area (Å²) in [5.74, 6) is -0.320. The highest BCUT2D eigenvalue weighted by molar-refractivity contribution is 6.33. The smallest absolute Gasteiger partial charge is 0.296 e. The number of nitrogens with one attached hydrogen (secondary N) is 1. The molecule has 142 valence electrons. The number of hydrogen-bond donors (Lipinski definition) is 1. The van der Waals surface area contributed by atoms with E-state index in [1.165, 1.54) is 0 Å². The monoisotopic (exact) mass is 403 g/mol. The molecule has 0 amide bonds. The van der Waals surface area contributed by atoms with Gasteiger partial charge in [-0.1, -0.05) is 47.1 Å². The van der Waals surface area contributed by atoms with Crippen molar-refractivity contribution in [1.29, 1.82) is 0 Å². The molecule has 4 heterocycles. The van der Waals surface area contributed by atoms with Crippen molar-refractivity contribution >= 4 is 17.1 Å². The van der Waals surface area contributed by atoms with Gasteiger partial charge in [0.15, 0.2) is 0 Å². The minimum atomic E-state index is -0.615. The van der Waals surface area contributed by atoms with Crippen LogP contribution in [0.3, 0.4) is 0 Å². The normalized spacial score (nSPS) is 11.2. The molecule has 8 heteroatoms. The minimum Gasteiger partial charge on any atom is -0.296 e. The molecule has 0 aliphatic rings. The van der Waals surface area contributed by atoms with Gasteiger partial charge in [0.2, 0.25) is 5.82 Å². The Morgan fingerprint density at radius 2 is 1.90 bits per heavy atom. The molecule has 0 aliphatic carbocycles. The predicted molar refractivity (Wildman–Crippen MR) is 109 cm³/mol. The van der Waals surface area contributed by atoms with Crippen LogP contribution in [0.15, 0.2) is 76.2 Å². The van der Waals surface area contributed by atoms with Crippen LogP contribution in [0.1, 0.15) is 11.3 Å².